The van der Waals surface area contributed by atoms with Crippen molar-refractivity contribution in [3.8, 4) is 0 Å². The number of rotatable bonds is 7. The van der Waals surface area contributed by atoms with Crippen molar-refractivity contribution in [2.24, 2.45) is 17.8 Å². The highest BCUT2D eigenvalue weighted by Gasteiger charge is 2.47. The van der Waals surface area contributed by atoms with Crippen molar-refractivity contribution in [2.75, 3.05) is 26.3 Å². The largest absolute Gasteiger partial charge is 0.302 e. The van der Waals surface area contributed by atoms with E-state index in [0.717, 1.165) is 30.7 Å². The minimum Gasteiger partial charge on any atom is -0.302 e. The van der Waals surface area contributed by atoms with E-state index in [1.807, 2.05) is 17.0 Å². The number of likely N-dealkylation sites (tertiary alicyclic amines) is 1. The van der Waals surface area contributed by atoms with E-state index in [0.29, 0.717) is 32.0 Å². The zero-order valence-corrected chi connectivity index (χ0v) is 20.9. The summed E-state index contributed by atoms with van der Waals surface area (Å²) in [5.41, 5.74) is 6.69. The highest BCUT2D eigenvalue weighted by molar-refractivity contribution is 5.84. The molecule has 0 unspecified atom stereocenters. The van der Waals surface area contributed by atoms with Gasteiger partial charge in [0.2, 0.25) is 0 Å². The Bertz CT molecular complexity index is 1030. The van der Waals surface area contributed by atoms with Gasteiger partial charge in [0.05, 0.1) is 12.6 Å². The van der Waals surface area contributed by atoms with Crippen LogP contribution in [-0.4, -0.2) is 31.2 Å². The third kappa shape index (κ3) is 5.09. The average molecular weight is 482 g/mol. The van der Waals surface area contributed by atoms with Gasteiger partial charge in [-0.15, -0.1) is 0 Å². The first-order chi connectivity index (χ1) is 17.0. The number of aryl methyl sites for hydroxylation is 1. The maximum absolute atomic E-state index is 15.3. The highest BCUT2D eigenvalue weighted by atomic mass is 19.3. The molecule has 188 valence electrons. The zero-order valence-electron chi connectivity index (χ0n) is 20.9. The molecular weight excluding hydrogens is 443 g/mol. The fraction of sp³-hybridized carbons (Fsp3) is 0.548. The molecule has 0 bridgehead atoms. The number of alkyl halides is 3. The Morgan fingerprint density at radius 1 is 0.914 bits per heavy atom. The molecule has 0 amide bonds. The molecule has 2 fully saturated rings. The molecule has 1 heterocycles. The molecule has 1 nitrogen and oxygen atoms in total. The lowest BCUT2D eigenvalue weighted by atomic mass is 9.75. The molecule has 5 rings (SSSR count). The summed E-state index contributed by atoms with van der Waals surface area (Å²) in [4.78, 5) is 1.93. The standard InChI is InChI=1S/C31H38F3N/c1-22-10-12-24(13-11-22)29-9-4-7-23-6-2-3-8-28(23)30(29)25-14-16-26(17-15-25)31(33,34)27-20-35(21-27)19-5-18-32/h2-3,6,8,14-17,22,24,27H,4-5,7,9-13,18-21H2,1H3/t22-,24+. The predicted octanol–water partition coefficient (Wildman–Crippen LogP) is 8.03. The Hall–Kier alpha value is -2.07. The van der Waals surface area contributed by atoms with Crippen LogP contribution in [0, 0.1) is 17.8 Å². The summed E-state index contributed by atoms with van der Waals surface area (Å²) in [5.74, 6) is -2.15. The third-order valence-corrected chi connectivity index (χ3v) is 8.65. The molecular formula is C31H38F3N. The molecule has 1 aliphatic heterocycles. The Labute approximate surface area is 208 Å². The summed E-state index contributed by atoms with van der Waals surface area (Å²) < 4.78 is 42.9. The van der Waals surface area contributed by atoms with Crippen LogP contribution in [0.1, 0.15) is 74.1 Å². The van der Waals surface area contributed by atoms with E-state index in [1.165, 1.54) is 42.4 Å². The molecule has 2 aliphatic carbocycles. The first-order valence-electron chi connectivity index (χ1n) is 13.6. The van der Waals surface area contributed by atoms with Gasteiger partial charge in [-0.1, -0.05) is 73.9 Å². The topological polar surface area (TPSA) is 3.24 Å². The van der Waals surface area contributed by atoms with Crippen LogP contribution in [0.5, 0.6) is 0 Å². The van der Waals surface area contributed by atoms with Crippen molar-refractivity contribution >= 4 is 5.57 Å². The molecule has 1 saturated carbocycles. The second-order valence-corrected chi connectivity index (χ2v) is 11.1. The molecule has 35 heavy (non-hydrogen) atoms. The normalized spacial score (nSPS) is 24.1. The Balaban J connectivity index is 1.44. The highest BCUT2D eigenvalue weighted by Crippen LogP contribution is 2.45. The number of allylic oxidation sites excluding steroid dienone is 1. The monoisotopic (exact) mass is 481 g/mol. The molecule has 2 aromatic carbocycles. The summed E-state index contributed by atoms with van der Waals surface area (Å²) in [6.45, 7) is 3.22. The molecule has 0 N–H and O–H groups in total. The van der Waals surface area contributed by atoms with E-state index >= 15 is 8.78 Å². The second-order valence-electron chi connectivity index (χ2n) is 11.1. The minimum atomic E-state index is -2.86. The van der Waals surface area contributed by atoms with Gasteiger partial charge < -0.3 is 4.90 Å². The fourth-order valence-electron chi connectivity index (χ4n) is 6.47. The zero-order chi connectivity index (χ0) is 24.4. The Morgan fingerprint density at radius 3 is 2.34 bits per heavy atom. The van der Waals surface area contributed by atoms with Crippen LogP contribution in [-0.2, 0) is 12.3 Å². The van der Waals surface area contributed by atoms with E-state index in [4.69, 9.17) is 0 Å². The molecule has 4 heteroatoms. The van der Waals surface area contributed by atoms with Crippen LogP contribution in [0.2, 0.25) is 0 Å². The van der Waals surface area contributed by atoms with E-state index in [9.17, 15) is 4.39 Å². The van der Waals surface area contributed by atoms with Crippen LogP contribution in [0.25, 0.3) is 5.57 Å². The first-order valence-corrected chi connectivity index (χ1v) is 13.6. The van der Waals surface area contributed by atoms with Crippen LogP contribution in [0.4, 0.5) is 13.2 Å². The minimum absolute atomic E-state index is 0.104. The van der Waals surface area contributed by atoms with Gasteiger partial charge in [-0.05, 0) is 72.6 Å². The van der Waals surface area contributed by atoms with E-state index in [-0.39, 0.29) is 12.2 Å². The van der Waals surface area contributed by atoms with Gasteiger partial charge >= 0.3 is 0 Å². The summed E-state index contributed by atoms with van der Waals surface area (Å²) >= 11 is 0. The average Bonchev–Trinajstić information content (AvgIpc) is 3.03. The van der Waals surface area contributed by atoms with Crippen molar-refractivity contribution in [1.82, 2.24) is 4.90 Å². The Morgan fingerprint density at radius 2 is 1.63 bits per heavy atom. The lowest BCUT2D eigenvalue weighted by molar-refractivity contribution is -0.124. The van der Waals surface area contributed by atoms with Gasteiger partial charge in [-0.3, -0.25) is 4.39 Å². The van der Waals surface area contributed by atoms with Crippen LogP contribution in [0.3, 0.4) is 0 Å². The van der Waals surface area contributed by atoms with E-state index in [1.54, 1.807) is 17.7 Å². The third-order valence-electron chi connectivity index (χ3n) is 8.65. The number of hydrogen-bond donors (Lipinski definition) is 0. The van der Waals surface area contributed by atoms with E-state index in [2.05, 4.69) is 31.2 Å². The number of fused-ring (bicyclic) bond motifs is 1. The molecule has 3 aliphatic rings. The maximum atomic E-state index is 15.3. The summed E-state index contributed by atoms with van der Waals surface area (Å²) in [5, 5.41) is 0. The van der Waals surface area contributed by atoms with Crippen molar-refractivity contribution in [3.63, 3.8) is 0 Å². The molecule has 0 aromatic heterocycles. The number of nitrogens with zero attached hydrogens (tertiary/aromatic N) is 1. The molecule has 2 aromatic rings. The predicted molar refractivity (Wildman–Crippen MR) is 137 cm³/mol. The van der Waals surface area contributed by atoms with Gasteiger partial charge in [0.25, 0.3) is 5.92 Å². The van der Waals surface area contributed by atoms with Gasteiger partial charge in [-0.25, -0.2) is 8.78 Å². The molecule has 1 saturated heterocycles. The Kier molecular flexibility index (Phi) is 7.39. The molecule has 0 atom stereocenters. The lowest BCUT2D eigenvalue weighted by Crippen LogP contribution is -2.53. The molecule has 0 radical (unpaired) electrons. The second kappa shape index (κ2) is 10.5. The summed E-state index contributed by atoms with van der Waals surface area (Å²) in [7, 11) is 0. The number of halogens is 3. The van der Waals surface area contributed by atoms with Crippen molar-refractivity contribution < 1.29 is 13.2 Å². The smallest absolute Gasteiger partial charge is 0.278 e. The summed E-state index contributed by atoms with van der Waals surface area (Å²) in [6.07, 6.45) is 8.76. The quantitative estimate of drug-likeness (QED) is 0.387. The maximum Gasteiger partial charge on any atom is 0.278 e. The van der Waals surface area contributed by atoms with Crippen LogP contribution in [0.15, 0.2) is 54.1 Å². The number of benzene rings is 2. The van der Waals surface area contributed by atoms with E-state index < -0.39 is 11.8 Å². The van der Waals surface area contributed by atoms with Gasteiger partial charge in [0.15, 0.2) is 0 Å². The van der Waals surface area contributed by atoms with Gasteiger partial charge in [-0.2, -0.15) is 0 Å². The van der Waals surface area contributed by atoms with Crippen molar-refractivity contribution in [3.05, 3.63) is 76.4 Å². The lowest BCUT2D eigenvalue weighted by Gasteiger charge is -2.43. The first kappa shape index (κ1) is 24.6. The fourth-order valence-corrected chi connectivity index (χ4v) is 6.47. The number of hydrogen-bond acceptors (Lipinski definition) is 1. The van der Waals surface area contributed by atoms with Gasteiger partial charge in [0, 0.05) is 25.2 Å². The molecule has 0 spiro atoms. The van der Waals surface area contributed by atoms with Gasteiger partial charge in [0.1, 0.15) is 0 Å². The van der Waals surface area contributed by atoms with Crippen LogP contribution < -0.4 is 0 Å². The SMILES string of the molecule is C[C@H]1CC[C@@H](C2=C(c3ccc(C(F)(F)C4CN(CCCF)C4)cc3)c3ccccc3CCC2)CC1. The van der Waals surface area contributed by atoms with Crippen molar-refractivity contribution in [2.45, 2.75) is 64.2 Å². The van der Waals surface area contributed by atoms with Crippen LogP contribution >= 0.6 is 0 Å². The summed E-state index contributed by atoms with van der Waals surface area (Å²) in [6, 6.07) is 15.9. The van der Waals surface area contributed by atoms with Crippen molar-refractivity contribution in [1.29, 1.82) is 0 Å².